The zero-order valence-electron chi connectivity index (χ0n) is 18.1. The fourth-order valence-electron chi connectivity index (χ4n) is 4.12. The molecule has 31 heavy (non-hydrogen) atoms. The summed E-state index contributed by atoms with van der Waals surface area (Å²) in [5, 5.41) is 0. The van der Waals surface area contributed by atoms with Gasteiger partial charge in [0.05, 0.1) is 5.69 Å². The molecule has 2 N–H and O–H groups in total. The summed E-state index contributed by atoms with van der Waals surface area (Å²) in [5.74, 6) is 0.331. The molecular formula is C26H28FN3O. The third kappa shape index (κ3) is 4.46. The highest BCUT2D eigenvalue weighted by molar-refractivity contribution is 5.96. The van der Waals surface area contributed by atoms with Gasteiger partial charge in [-0.25, -0.2) is 9.37 Å². The van der Waals surface area contributed by atoms with Crippen LogP contribution in [-0.2, 0) is 6.42 Å². The predicted octanol–water partition coefficient (Wildman–Crippen LogP) is 5.66. The summed E-state index contributed by atoms with van der Waals surface area (Å²) in [6.07, 6.45) is 5.98. The van der Waals surface area contributed by atoms with Crippen molar-refractivity contribution in [2.24, 2.45) is 0 Å². The zero-order chi connectivity index (χ0) is 22.0. The number of pyridine rings is 1. The monoisotopic (exact) mass is 417 g/mol. The molecule has 2 aromatic carbocycles. The Morgan fingerprint density at radius 2 is 1.81 bits per heavy atom. The maximum absolute atomic E-state index is 14.9. The van der Waals surface area contributed by atoms with Gasteiger partial charge in [0.1, 0.15) is 11.6 Å². The molecule has 4 nitrogen and oxygen atoms in total. The van der Waals surface area contributed by atoms with Crippen molar-refractivity contribution in [2.75, 3.05) is 17.7 Å². The molecule has 1 saturated carbocycles. The van der Waals surface area contributed by atoms with Crippen LogP contribution in [0.4, 0.5) is 15.9 Å². The van der Waals surface area contributed by atoms with Crippen LogP contribution < -0.4 is 10.6 Å². The van der Waals surface area contributed by atoms with E-state index in [1.807, 2.05) is 49.5 Å². The Bertz CT molecular complexity index is 1070. The lowest BCUT2D eigenvalue weighted by atomic mass is 9.99. The van der Waals surface area contributed by atoms with Crippen molar-refractivity contribution >= 4 is 17.3 Å². The van der Waals surface area contributed by atoms with Crippen LogP contribution in [0, 0.1) is 5.82 Å². The van der Waals surface area contributed by atoms with Gasteiger partial charge in [0.25, 0.3) is 0 Å². The second-order valence-electron chi connectivity index (χ2n) is 8.39. The second kappa shape index (κ2) is 8.50. The minimum absolute atomic E-state index is 0.0702. The average molecular weight is 418 g/mol. The number of benzene rings is 2. The number of nitrogens with two attached hydrogens (primary N) is 1. The van der Waals surface area contributed by atoms with Crippen LogP contribution in [0.15, 0.2) is 60.8 Å². The lowest BCUT2D eigenvalue weighted by molar-refractivity contribution is 0.0983. The van der Waals surface area contributed by atoms with Crippen molar-refractivity contribution in [3.63, 3.8) is 0 Å². The summed E-state index contributed by atoms with van der Waals surface area (Å²) >= 11 is 0. The van der Waals surface area contributed by atoms with Crippen molar-refractivity contribution in [1.29, 1.82) is 0 Å². The summed E-state index contributed by atoms with van der Waals surface area (Å²) in [6, 6.07) is 16.4. The Hall–Kier alpha value is -3.21. The van der Waals surface area contributed by atoms with E-state index in [1.54, 1.807) is 18.3 Å². The Morgan fingerprint density at radius 3 is 2.39 bits per heavy atom. The van der Waals surface area contributed by atoms with Crippen LogP contribution in [0.25, 0.3) is 11.1 Å². The van der Waals surface area contributed by atoms with E-state index in [0.29, 0.717) is 29.9 Å². The predicted molar refractivity (Wildman–Crippen MR) is 124 cm³/mol. The molecule has 1 heterocycles. The smallest absolute Gasteiger partial charge is 0.163 e. The molecule has 1 aliphatic carbocycles. The summed E-state index contributed by atoms with van der Waals surface area (Å²) in [7, 11) is 1.98. The molecule has 0 radical (unpaired) electrons. The number of ketones is 1. The number of halogens is 1. The van der Waals surface area contributed by atoms with Gasteiger partial charge in [0, 0.05) is 30.8 Å². The average Bonchev–Trinajstić information content (AvgIpc) is 3.59. The molecule has 5 heteroatoms. The van der Waals surface area contributed by atoms with Crippen LogP contribution in [0.3, 0.4) is 0 Å². The van der Waals surface area contributed by atoms with Crippen molar-refractivity contribution in [2.45, 2.75) is 44.6 Å². The van der Waals surface area contributed by atoms with Gasteiger partial charge >= 0.3 is 0 Å². The van der Waals surface area contributed by atoms with E-state index in [-0.39, 0.29) is 17.1 Å². The van der Waals surface area contributed by atoms with E-state index >= 15 is 0 Å². The van der Waals surface area contributed by atoms with Crippen molar-refractivity contribution < 1.29 is 9.18 Å². The number of rotatable bonds is 8. The number of carbonyl (C=O) groups excluding carboxylic acids is 1. The molecule has 1 aromatic heterocycles. The van der Waals surface area contributed by atoms with Gasteiger partial charge in [-0.2, -0.15) is 0 Å². The first kappa shape index (κ1) is 21.0. The van der Waals surface area contributed by atoms with Gasteiger partial charge in [-0.05, 0) is 60.6 Å². The number of carbonyl (C=O) groups is 1. The summed E-state index contributed by atoms with van der Waals surface area (Å²) in [4.78, 5) is 18.7. The van der Waals surface area contributed by atoms with Gasteiger partial charge in [-0.15, -0.1) is 0 Å². The molecular weight excluding hydrogens is 389 g/mol. The first-order valence-electron chi connectivity index (χ1n) is 10.8. The minimum atomic E-state index is -0.211. The van der Waals surface area contributed by atoms with E-state index in [2.05, 4.69) is 16.8 Å². The molecule has 0 bridgehead atoms. The molecule has 0 amide bonds. The first-order valence-corrected chi connectivity index (χ1v) is 10.8. The van der Waals surface area contributed by atoms with Crippen LogP contribution in [0.5, 0.6) is 0 Å². The van der Waals surface area contributed by atoms with Crippen molar-refractivity contribution in [3.05, 3.63) is 77.7 Å². The topological polar surface area (TPSA) is 59.2 Å². The second-order valence-corrected chi connectivity index (χ2v) is 8.39. The number of Topliss-reactive ketones (excluding diaryl/α,β-unsaturated/α-hetero) is 1. The normalized spacial score (nSPS) is 14.3. The molecule has 1 aliphatic rings. The fourth-order valence-corrected chi connectivity index (χ4v) is 4.12. The summed E-state index contributed by atoms with van der Waals surface area (Å²) < 4.78 is 14.9. The van der Waals surface area contributed by atoms with Crippen LogP contribution >= 0.6 is 0 Å². The molecule has 0 aliphatic heterocycles. The largest absolute Gasteiger partial charge is 0.384 e. The Morgan fingerprint density at radius 1 is 1.10 bits per heavy atom. The van der Waals surface area contributed by atoms with Gasteiger partial charge in [0.2, 0.25) is 0 Å². The maximum Gasteiger partial charge on any atom is 0.163 e. The minimum Gasteiger partial charge on any atom is -0.384 e. The Labute approximate surface area is 182 Å². The molecule has 4 rings (SSSR count). The van der Waals surface area contributed by atoms with Crippen LogP contribution in [0.1, 0.15) is 48.5 Å². The molecule has 0 atom stereocenters. The molecule has 0 spiro atoms. The SMILES string of the molecule is CCC1(N(C)c2ccc(-c3ccc(C(=O)CCc4ccc(N)nc4)cc3)cc2F)CC1. The molecule has 0 saturated heterocycles. The van der Waals surface area contributed by atoms with Crippen molar-refractivity contribution in [1.82, 2.24) is 4.98 Å². The summed E-state index contributed by atoms with van der Waals surface area (Å²) in [5.41, 5.74) is 9.69. The van der Waals surface area contributed by atoms with Gasteiger partial charge in [-0.1, -0.05) is 43.3 Å². The van der Waals surface area contributed by atoms with Crippen LogP contribution in [0.2, 0.25) is 0 Å². The van der Waals surface area contributed by atoms with Crippen LogP contribution in [-0.4, -0.2) is 23.4 Å². The highest BCUT2D eigenvalue weighted by atomic mass is 19.1. The molecule has 160 valence electrons. The lowest BCUT2D eigenvalue weighted by Gasteiger charge is -2.29. The van der Waals surface area contributed by atoms with Crippen molar-refractivity contribution in [3.8, 4) is 11.1 Å². The highest BCUT2D eigenvalue weighted by Crippen LogP contribution is 2.46. The standard InChI is InChI=1S/C26H28FN3O/c1-3-26(14-15-26)30(2)23-11-10-21(16-22(23)27)19-6-8-20(9-7-19)24(31)12-4-18-5-13-25(28)29-17-18/h5-11,13,16-17H,3-4,12,14-15H2,1-2H3,(H2,28,29). The number of hydrogen-bond donors (Lipinski definition) is 1. The Balaban J connectivity index is 1.43. The Kier molecular flexibility index (Phi) is 5.77. The van der Waals surface area contributed by atoms with E-state index in [1.165, 1.54) is 0 Å². The quantitative estimate of drug-likeness (QED) is 0.480. The number of nitrogens with zero attached hydrogens (tertiary/aromatic N) is 2. The first-order chi connectivity index (χ1) is 14.9. The molecule has 0 unspecified atom stereocenters. The number of aryl methyl sites for hydroxylation is 1. The number of aromatic nitrogens is 1. The van der Waals surface area contributed by atoms with E-state index in [9.17, 15) is 9.18 Å². The number of hydrogen-bond acceptors (Lipinski definition) is 4. The fraction of sp³-hybridized carbons (Fsp3) is 0.308. The van der Waals surface area contributed by atoms with Gasteiger partial charge < -0.3 is 10.6 Å². The third-order valence-corrected chi connectivity index (χ3v) is 6.53. The lowest BCUT2D eigenvalue weighted by Crippen LogP contribution is -2.33. The summed E-state index contributed by atoms with van der Waals surface area (Å²) in [6.45, 7) is 2.16. The molecule has 3 aromatic rings. The van der Waals surface area contributed by atoms with E-state index in [4.69, 9.17) is 5.73 Å². The third-order valence-electron chi connectivity index (χ3n) is 6.53. The zero-order valence-corrected chi connectivity index (χ0v) is 18.1. The maximum atomic E-state index is 14.9. The highest BCUT2D eigenvalue weighted by Gasteiger charge is 2.45. The van der Waals surface area contributed by atoms with Gasteiger partial charge in [0.15, 0.2) is 5.78 Å². The van der Waals surface area contributed by atoms with Gasteiger partial charge in [-0.3, -0.25) is 4.79 Å². The van der Waals surface area contributed by atoms with E-state index in [0.717, 1.165) is 36.0 Å². The molecule has 1 fully saturated rings. The number of anilines is 2. The van der Waals surface area contributed by atoms with E-state index < -0.39 is 0 Å². The number of nitrogen functional groups attached to an aromatic ring is 1.